The number of hydrogen-bond donors (Lipinski definition) is 3. The lowest BCUT2D eigenvalue weighted by atomic mass is 9.94. The minimum Gasteiger partial charge on any atom is -0.398 e. The summed E-state index contributed by atoms with van der Waals surface area (Å²) in [7, 11) is -2.04. The van der Waals surface area contributed by atoms with Gasteiger partial charge >= 0.3 is 0 Å². The molecule has 5 nitrogen and oxygen atoms in total. The Morgan fingerprint density at radius 1 is 1.10 bits per heavy atom. The van der Waals surface area contributed by atoms with Crippen molar-refractivity contribution in [1.29, 1.82) is 0 Å². The highest BCUT2D eigenvalue weighted by Gasteiger charge is 2.15. The highest BCUT2D eigenvalue weighted by atomic mass is 32.1. The SMILES string of the molecule is CP(C)(=O)CCNCc1ccc(C(N)=O)c(-c2cc(-c3cccs3)ccc2N)c1. The Labute approximate surface area is 175 Å². The van der Waals surface area contributed by atoms with Crippen LogP contribution < -0.4 is 16.8 Å². The molecule has 0 radical (unpaired) electrons. The van der Waals surface area contributed by atoms with Gasteiger partial charge in [-0.1, -0.05) is 18.2 Å². The van der Waals surface area contributed by atoms with E-state index in [1.807, 2.05) is 41.8 Å². The monoisotopic (exact) mass is 427 g/mol. The summed E-state index contributed by atoms with van der Waals surface area (Å²) in [4.78, 5) is 13.2. The fourth-order valence-corrected chi connectivity index (χ4v) is 4.53. The predicted octanol–water partition coefficient (Wildman–Crippen LogP) is 4.48. The first kappa shape index (κ1) is 21.3. The van der Waals surface area contributed by atoms with E-state index < -0.39 is 13.0 Å². The van der Waals surface area contributed by atoms with Crippen LogP contribution in [0.15, 0.2) is 53.9 Å². The van der Waals surface area contributed by atoms with Gasteiger partial charge in [-0.15, -0.1) is 11.3 Å². The molecule has 3 rings (SSSR count). The first-order valence-corrected chi connectivity index (χ1v) is 13.0. The van der Waals surface area contributed by atoms with Gasteiger partial charge in [-0.05, 0) is 65.7 Å². The lowest BCUT2D eigenvalue weighted by Gasteiger charge is -2.14. The van der Waals surface area contributed by atoms with Crippen molar-refractivity contribution >= 4 is 30.1 Å². The molecule has 5 N–H and O–H groups in total. The van der Waals surface area contributed by atoms with Crippen LogP contribution in [0.5, 0.6) is 0 Å². The Morgan fingerprint density at radius 2 is 1.90 bits per heavy atom. The lowest BCUT2D eigenvalue weighted by molar-refractivity contribution is 0.100. The van der Waals surface area contributed by atoms with Gasteiger partial charge in [0, 0.05) is 40.9 Å². The van der Waals surface area contributed by atoms with Gasteiger partial charge in [0.2, 0.25) is 5.91 Å². The van der Waals surface area contributed by atoms with Crippen LogP contribution in [0.1, 0.15) is 15.9 Å². The molecule has 0 spiro atoms. The van der Waals surface area contributed by atoms with Crippen LogP contribution in [0.4, 0.5) is 5.69 Å². The molecule has 29 heavy (non-hydrogen) atoms. The third-order valence-electron chi connectivity index (χ3n) is 4.65. The molecule has 3 aromatic rings. The van der Waals surface area contributed by atoms with Gasteiger partial charge in [0.1, 0.15) is 0 Å². The minimum absolute atomic E-state index is 0.440. The summed E-state index contributed by atoms with van der Waals surface area (Å²) in [5, 5.41) is 5.34. The molecule has 0 unspecified atom stereocenters. The predicted molar refractivity (Wildman–Crippen MR) is 124 cm³/mol. The van der Waals surface area contributed by atoms with Gasteiger partial charge in [-0.2, -0.15) is 0 Å². The van der Waals surface area contributed by atoms with Gasteiger partial charge in [-0.25, -0.2) is 0 Å². The second-order valence-electron chi connectivity index (χ2n) is 7.50. The fourth-order valence-electron chi connectivity index (χ4n) is 3.11. The van der Waals surface area contributed by atoms with Crippen LogP contribution >= 0.6 is 18.5 Å². The van der Waals surface area contributed by atoms with Crippen molar-refractivity contribution in [3.63, 3.8) is 0 Å². The second-order valence-corrected chi connectivity index (χ2v) is 12.0. The molecule has 1 heterocycles. The molecule has 1 amide bonds. The Morgan fingerprint density at radius 3 is 2.55 bits per heavy atom. The van der Waals surface area contributed by atoms with Crippen LogP contribution in [0.2, 0.25) is 0 Å². The first-order valence-electron chi connectivity index (χ1n) is 9.36. The maximum Gasteiger partial charge on any atom is 0.249 e. The molecule has 0 aliphatic rings. The number of hydrogen-bond acceptors (Lipinski definition) is 5. The molecule has 0 fully saturated rings. The number of amides is 1. The van der Waals surface area contributed by atoms with E-state index in [0.717, 1.165) is 27.1 Å². The Balaban J connectivity index is 1.94. The van der Waals surface area contributed by atoms with Gasteiger partial charge in [0.25, 0.3) is 0 Å². The van der Waals surface area contributed by atoms with E-state index in [9.17, 15) is 9.36 Å². The fraction of sp³-hybridized carbons (Fsp3) is 0.227. The molecule has 0 saturated carbocycles. The Hall–Kier alpha value is -2.40. The van der Waals surface area contributed by atoms with E-state index in [1.165, 1.54) is 0 Å². The number of benzene rings is 2. The molecular formula is C22H26N3O2PS. The molecule has 0 bridgehead atoms. The third-order valence-corrected chi connectivity index (χ3v) is 6.87. The quantitative estimate of drug-likeness (QED) is 0.280. The van der Waals surface area contributed by atoms with Crippen molar-refractivity contribution in [2.24, 2.45) is 5.73 Å². The zero-order chi connectivity index (χ0) is 21.0. The van der Waals surface area contributed by atoms with Crippen molar-refractivity contribution < 1.29 is 9.36 Å². The average Bonchev–Trinajstić information content (AvgIpc) is 3.19. The molecule has 0 saturated heterocycles. The van der Waals surface area contributed by atoms with Crippen LogP contribution in [0.3, 0.4) is 0 Å². The number of carbonyl (C=O) groups is 1. The zero-order valence-electron chi connectivity index (χ0n) is 16.6. The van der Waals surface area contributed by atoms with Crippen LogP contribution in [0.25, 0.3) is 21.6 Å². The lowest BCUT2D eigenvalue weighted by Crippen LogP contribution is -2.18. The maximum absolute atomic E-state index is 12.0. The van der Waals surface area contributed by atoms with Crippen molar-refractivity contribution in [2.75, 3.05) is 31.8 Å². The van der Waals surface area contributed by atoms with Gasteiger partial charge in [0.15, 0.2) is 0 Å². The smallest absolute Gasteiger partial charge is 0.249 e. The molecule has 0 aliphatic heterocycles. The number of nitrogens with one attached hydrogen (secondary N) is 1. The average molecular weight is 428 g/mol. The summed E-state index contributed by atoms with van der Waals surface area (Å²) >= 11 is 1.65. The van der Waals surface area contributed by atoms with Crippen LogP contribution in [-0.2, 0) is 11.1 Å². The van der Waals surface area contributed by atoms with E-state index in [0.29, 0.717) is 30.5 Å². The summed E-state index contributed by atoms with van der Waals surface area (Å²) in [5.41, 5.74) is 16.5. The summed E-state index contributed by atoms with van der Waals surface area (Å²) in [6.45, 7) is 4.86. The number of rotatable bonds is 8. The topological polar surface area (TPSA) is 98.2 Å². The maximum atomic E-state index is 12.0. The number of nitrogens with two attached hydrogens (primary N) is 2. The molecule has 152 valence electrons. The molecule has 7 heteroatoms. The van der Waals surface area contributed by atoms with Crippen molar-refractivity contribution in [3.8, 4) is 21.6 Å². The largest absolute Gasteiger partial charge is 0.398 e. The minimum atomic E-state index is -2.04. The number of thiophene rings is 1. The van der Waals surface area contributed by atoms with Crippen molar-refractivity contribution in [1.82, 2.24) is 5.32 Å². The summed E-state index contributed by atoms with van der Waals surface area (Å²) in [5.74, 6) is -0.488. The highest BCUT2D eigenvalue weighted by molar-refractivity contribution is 7.62. The van der Waals surface area contributed by atoms with E-state index >= 15 is 0 Å². The summed E-state index contributed by atoms with van der Waals surface area (Å²) < 4.78 is 11.8. The highest BCUT2D eigenvalue weighted by Crippen LogP contribution is 2.36. The summed E-state index contributed by atoms with van der Waals surface area (Å²) in [6.07, 6.45) is 0.648. The van der Waals surface area contributed by atoms with Crippen LogP contribution in [0, 0.1) is 0 Å². The number of carbonyl (C=O) groups excluding carboxylic acids is 1. The van der Waals surface area contributed by atoms with Crippen molar-refractivity contribution in [2.45, 2.75) is 6.54 Å². The zero-order valence-corrected chi connectivity index (χ0v) is 18.4. The molecular weight excluding hydrogens is 401 g/mol. The molecule has 1 aromatic heterocycles. The Bertz CT molecular complexity index is 1060. The number of primary amides is 1. The Kier molecular flexibility index (Phi) is 6.58. The molecule has 2 aromatic carbocycles. The van der Waals surface area contributed by atoms with E-state index in [-0.39, 0.29) is 0 Å². The molecule has 0 aliphatic carbocycles. The van der Waals surface area contributed by atoms with Crippen LogP contribution in [-0.4, -0.2) is 31.9 Å². The standard InChI is InChI=1S/C22H26N3O2PS/c1-28(2,27)10-9-25-14-15-5-7-17(22(24)26)18(12-15)19-13-16(6-8-20(19)23)21-4-3-11-29-21/h3-8,11-13,25H,9-10,14,23H2,1-2H3,(H2,24,26). The van der Waals surface area contributed by atoms with E-state index in [2.05, 4.69) is 11.4 Å². The number of anilines is 1. The normalized spacial score (nSPS) is 11.5. The van der Waals surface area contributed by atoms with Gasteiger partial charge < -0.3 is 21.3 Å². The number of nitrogen functional groups attached to an aromatic ring is 1. The summed E-state index contributed by atoms with van der Waals surface area (Å²) in [6, 6.07) is 15.5. The first-order chi connectivity index (χ1) is 13.7. The third kappa shape index (κ3) is 5.57. The second kappa shape index (κ2) is 8.95. The molecule has 0 atom stereocenters. The van der Waals surface area contributed by atoms with E-state index in [1.54, 1.807) is 30.7 Å². The van der Waals surface area contributed by atoms with Gasteiger partial charge in [0.05, 0.1) is 7.14 Å². The van der Waals surface area contributed by atoms with Crippen molar-refractivity contribution in [3.05, 3.63) is 65.0 Å². The van der Waals surface area contributed by atoms with Gasteiger partial charge in [-0.3, -0.25) is 4.79 Å². The van der Waals surface area contributed by atoms with E-state index in [4.69, 9.17) is 11.5 Å².